The topological polar surface area (TPSA) is 62.6 Å². The van der Waals surface area contributed by atoms with Crippen LogP contribution in [0, 0.1) is 5.82 Å². The van der Waals surface area contributed by atoms with E-state index < -0.39 is 6.04 Å². The van der Waals surface area contributed by atoms with Crippen molar-refractivity contribution < 1.29 is 18.4 Å². The van der Waals surface area contributed by atoms with Gasteiger partial charge in [-0.05, 0) is 41.0 Å². The zero-order valence-corrected chi connectivity index (χ0v) is 18.6. The molecule has 0 bridgehead atoms. The van der Waals surface area contributed by atoms with Crippen LogP contribution in [0.1, 0.15) is 28.5 Å². The molecule has 6 heteroatoms. The zero-order valence-electron chi connectivity index (χ0n) is 18.6. The lowest BCUT2D eigenvalue weighted by molar-refractivity contribution is -0.141. The van der Waals surface area contributed by atoms with Gasteiger partial charge in [-0.25, -0.2) is 4.39 Å². The maximum atomic E-state index is 13.6. The van der Waals surface area contributed by atoms with E-state index in [1.54, 1.807) is 35.4 Å². The molecule has 4 aromatic rings. The molecule has 0 spiro atoms. The Balaban J connectivity index is 1.67. The third kappa shape index (κ3) is 5.98. The predicted molar refractivity (Wildman–Crippen MR) is 127 cm³/mol. The summed E-state index contributed by atoms with van der Waals surface area (Å²) in [7, 11) is 0. The molecule has 0 aliphatic heterocycles. The number of hydrogen-bond donors (Lipinski definition) is 1. The van der Waals surface area contributed by atoms with E-state index in [0.29, 0.717) is 11.3 Å². The fourth-order valence-corrected chi connectivity index (χ4v) is 3.77. The molecule has 3 aromatic carbocycles. The highest BCUT2D eigenvalue weighted by Gasteiger charge is 2.31. The van der Waals surface area contributed by atoms with Crippen molar-refractivity contribution in [2.75, 3.05) is 0 Å². The summed E-state index contributed by atoms with van der Waals surface area (Å²) in [5.74, 6) is -0.286. The molecule has 0 aliphatic rings. The Kier molecular flexibility index (Phi) is 7.50. The molecule has 5 nitrogen and oxygen atoms in total. The minimum Gasteiger partial charge on any atom is -0.467 e. The van der Waals surface area contributed by atoms with Crippen LogP contribution in [0.4, 0.5) is 4.39 Å². The van der Waals surface area contributed by atoms with E-state index in [1.165, 1.54) is 12.1 Å². The van der Waals surface area contributed by atoms with E-state index in [1.807, 2.05) is 60.7 Å². The van der Waals surface area contributed by atoms with Crippen molar-refractivity contribution in [3.63, 3.8) is 0 Å². The summed E-state index contributed by atoms with van der Waals surface area (Å²) in [4.78, 5) is 28.6. The number of amides is 2. The van der Waals surface area contributed by atoms with Crippen LogP contribution in [0.2, 0.25) is 0 Å². The lowest BCUT2D eigenvalue weighted by Gasteiger charge is -2.31. The van der Waals surface area contributed by atoms with E-state index in [-0.39, 0.29) is 37.1 Å². The SMILES string of the molecule is O=C(NCc1ccco1)C(c1ccccc1)N(Cc1ccc(F)cc1)C(=O)Cc1ccccc1. The molecule has 1 aromatic heterocycles. The van der Waals surface area contributed by atoms with Gasteiger partial charge in [-0.2, -0.15) is 0 Å². The number of carbonyl (C=O) groups excluding carboxylic acids is 2. The Hall–Kier alpha value is -4.19. The molecule has 0 radical (unpaired) electrons. The van der Waals surface area contributed by atoms with Gasteiger partial charge >= 0.3 is 0 Å². The normalized spacial score (nSPS) is 11.6. The second-order valence-electron chi connectivity index (χ2n) is 7.92. The van der Waals surface area contributed by atoms with Crippen LogP contribution in [0.5, 0.6) is 0 Å². The molecule has 4 rings (SSSR count). The van der Waals surface area contributed by atoms with Crippen LogP contribution < -0.4 is 5.32 Å². The molecule has 1 atom stereocenters. The van der Waals surface area contributed by atoms with Crippen molar-refractivity contribution in [2.45, 2.75) is 25.6 Å². The van der Waals surface area contributed by atoms with Gasteiger partial charge in [-0.3, -0.25) is 9.59 Å². The van der Waals surface area contributed by atoms with Gasteiger partial charge < -0.3 is 14.6 Å². The molecule has 1 unspecified atom stereocenters. The minimum atomic E-state index is -0.877. The molecule has 0 aliphatic carbocycles. The van der Waals surface area contributed by atoms with E-state index in [9.17, 15) is 14.0 Å². The molecular weight excluding hydrogens is 431 g/mol. The lowest BCUT2D eigenvalue weighted by Crippen LogP contribution is -2.43. The third-order valence-electron chi connectivity index (χ3n) is 5.48. The number of carbonyl (C=O) groups is 2. The van der Waals surface area contributed by atoms with Crippen molar-refractivity contribution >= 4 is 11.8 Å². The fraction of sp³-hybridized carbons (Fsp3) is 0.143. The molecule has 34 heavy (non-hydrogen) atoms. The van der Waals surface area contributed by atoms with Gasteiger partial charge in [0.05, 0.1) is 19.2 Å². The van der Waals surface area contributed by atoms with Gasteiger partial charge in [0.1, 0.15) is 17.6 Å². The van der Waals surface area contributed by atoms with Crippen molar-refractivity contribution in [2.24, 2.45) is 0 Å². The highest BCUT2D eigenvalue weighted by Crippen LogP contribution is 2.25. The van der Waals surface area contributed by atoms with E-state index >= 15 is 0 Å². The highest BCUT2D eigenvalue weighted by molar-refractivity contribution is 5.89. The largest absolute Gasteiger partial charge is 0.467 e. The zero-order chi connectivity index (χ0) is 23.8. The summed E-state index contributed by atoms with van der Waals surface area (Å²) >= 11 is 0. The molecule has 0 saturated heterocycles. The summed E-state index contributed by atoms with van der Waals surface area (Å²) < 4.78 is 18.8. The van der Waals surface area contributed by atoms with E-state index in [4.69, 9.17) is 4.42 Å². The quantitative estimate of drug-likeness (QED) is 0.384. The first-order valence-corrected chi connectivity index (χ1v) is 11.0. The Morgan fingerprint density at radius 2 is 1.50 bits per heavy atom. The summed E-state index contributed by atoms with van der Waals surface area (Å²) in [6, 6.07) is 27.2. The summed E-state index contributed by atoms with van der Waals surface area (Å²) in [5, 5.41) is 2.89. The number of nitrogens with one attached hydrogen (secondary N) is 1. The Morgan fingerprint density at radius 3 is 2.15 bits per heavy atom. The van der Waals surface area contributed by atoms with Crippen LogP contribution in [0.25, 0.3) is 0 Å². The standard InChI is InChI=1S/C28H25FN2O3/c29-24-15-13-22(14-16-24)20-31(26(32)18-21-8-3-1-4-9-21)27(23-10-5-2-6-11-23)28(33)30-19-25-12-7-17-34-25/h1-17,27H,18-20H2,(H,30,33). The van der Waals surface area contributed by atoms with Crippen LogP contribution in [-0.2, 0) is 29.1 Å². The monoisotopic (exact) mass is 456 g/mol. The summed E-state index contributed by atoms with van der Waals surface area (Å²) in [6.45, 7) is 0.353. The van der Waals surface area contributed by atoms with Crippen LogP contribution in [-0.4, -0.2) is 16.7 Å². The maximum absolute atomic E-state index is 13.6. The highest BCUT2D eigenvalue weighted by atomic mass is 19.1. The Morgan fingerprint density at radius 1 is 0.824 bits per heavy atom. The van der Waals surface area contributed by atoms with Gasteiger partial charge in [0, 0.05) is 6.54 Å². The minimum absolute atomic E-state index is 0.136. The third-order valence-corrected chi connectivity index (χ3v) is 5.48. The number of halogens is 1. The van der Waals surface area contributed by atoms with E-state index in [2.05, 4.69) is 5.32 Å². The number of nitrogens with zero attached hydrogens (tertiary/aromatic N) is 1. The number of rotatable bonds is 9. The fourth-order valence-electron chi connectivity index (χ4n) is 3.77. The molecule has 0 saturated carbocycles. The lowest BCUT2D eigenvalue weighted by atomic mass is 10.0. The van der Waals surface area contributed by atoms with Gasteiger partial charge in [0.25, 0.3) is 0 Å². The summed E-state index contributed by atoms with van der Waals surface area (Å²) in [5.41, 5.74) is 2.25. The van der Waals surface area contributed by atoms with E-state index in [0.717, 1.165) is 11.1 Å². The first kappa shape index (κ1) is 23.0. The van der Waals surface area contributed by atoms with Gasteiger partial charge in [-0.15, -0.1) is 0 Å². The van der Waals surface area contributed by atoms with Crippen molar-refractivity contribution in [1.82, 2.24) is 10.2 Å². The second-order valence-corrected chi connectivity index (χ2v) is 7.92. The molecular formula is C28H25FN2O3. The van der Waals surface area contributed by atoms with Crippen molar-refractivity contribution in [3.8, 4) is 0 Å². The number of furan rings is 1. The number of hydrogen-bond acceptors (Lipinski definition) is 3. The average molecular weight is 457 g/mol. The molecule has 0 fully saturated rings. The first-order valence-electron chi connectivity index (χ1n) is 11.0. The molecule has 1 heterocycles. The van der Waals surface area contributed by atoms with Crippen LogP contribution in [0.3, 0.4) is 0 Å². The Bertz CT molecular complexity index is 1190. The van der Waals surface area contributed by atoms with Crippen LogP contribution >= 0.6 is 0 Å². The van der Waals surface area contributed by atoms with Gasteiger partial charge in [0.15, 0.2) is 0 Å². The molecule has 1 N–H and O–H groups in total. The van der Waals surface area contributed by atoms with Crippen molar-refractivity contribution in [3.05, 3.63) is 132 Å². The average Bonchev–Trinajstić information content (AvgIpc) is 3.39. The predicted octanol–water partition coefficient (Wildman–Crippen LogP) is 5.05. The summed E-state index contributed by atoms with van der Waals surface area (Å²) in [6.07, 6.45) is 1.68. The van der Waals surface area contributed by atoms with Crippen LogP contribution in [0.15, 0.2) is 108 Å². The first-order chi connectivity index (χ1) is 16.6. The van der Waals surface area contributed by atoms with Crippen molar-refractivity contribution in [1.29, 1.82) is 0 Å². The molecule has 172 valence electrons. The molecule has 2 amide bonds. The smallest absolute Gasteiger partial charge is 0.247 e. The van der Waals surface area contributed by atoms with Gasteiger partial charge in [0.2, 0.25) is 11.8 Å². The Labute approximate surface area is 197 Å². The van der Waals surface area contributed by atoms with Gasteiger partial charge in [-0.1, -0.05) is 72.8 Å². The number of benzene rings is 3. The maximum Gasteiger partial charge on any atom is 0.247 e. The second kappa shape index (κ2) is 11.1.